The predicted molar refractivity (Wildman–Crippen MR) is 118 cm³/mol. The van der Waals surface area contributed by atoms with Crippen molar-refractivity contribution in [2.45, 2.75) is 36.1 Å². The summed E-state index contributed by atoms with van der Waals surface area (Å²) < 4.78 is 151. The summed E-state index contributed by atoms with van der Waals surface area (Å²) in [6, 6.07) is 7.13. The van der Waals surface area contributed by atoms with Gasteiger partial charge in [-0.3, -0.25) is 0 Å². The van der Waals surface area contributed by atoms with E-state index in [0.29, 0.717) is 31.6 Å². The molecule has 0 aliphatic rings. The Labute approximate surface area is 208 Å². The van der Waals surface area contributed by atoms with E-state index in [9.17, 15) is 47.6 Å². The normalized spacial score (nSPS) is 12.4. The number of hydrogen-bond acceptors (Lipinski definition) is 6. The van der Waals surface area contributed by atoms with Crippen molar-refractivity contribution in [1.82, 2.24) is 0 Å². The Kier molecular flexibility index (Phi) is 9.96. The molecular weight excluding hydrogens is 559 g/mol. The van der Waals surface area contributed by atoms with Crippen molar-refractivity contribution in [3.8, 4) is 11.5 Å². The highest BCUT2D eigenvalue weighted by Gasteiger charge is 2.42. The lowest BCUT2D eigenvalue weighted by atomic mass is 10.2. The van der Waals surface area contributed by atoms with Crippen molar-refractivity contribution >= 4 is 26.1 Å². The van der Waals surface area contributed by atoms with Gasteiger partial charge in [0.2, 0.25) is 11.6 Å². The number of sulfonamides is 2. The second kappa shape index (κ2) is 12.1. The molecule has 0 fully saturated rings. The summed E-state index contributed by atoms with van der Waals surface area (Å²) >= 11 is 0. The molecule has 206 valence electrons. The SMILES string of the molecule is C=Cc1ccc(OCCCCCCOc2c(F)c(F)c(S(=O)(=O)[N-]S(=O)(=O)C(F)(F)F)c(F)c2F)cc1. The lowest BCUT2D eigenvalue weighted by molar-refractivity contribution is -0.0425. The van der Waals surface area contributed by atoms with Crippen molar-refractivity contribution in [3.63, 3.8) is 0 Å². The molecule has 37 heavy (non-hydrogen) atoms. The highest BCUT2D eigenvalue weighted by Crippen LogP contribution is 2.38. The second-order valence-electron chi connectivity index (χ2n) is 7.27. The first-order chi connectivity index (χ1) is 17.1. The number of benzene rings is 2. The largest absolute Gasteiger partial charge is 0.494 e. The summed E-state index contributed by atoms with van der Waals surface area (Å²) in [5, 5.41) is 0. The Bertz CT molecular complexity index is 1300. The molecule has 0 radical (unpaired) electrons. The summed E-state index contributed by atoms with van der Waals surface area (Å²) in [7, 11) is -13.2. The van der Waals surface area contributed by atoms with Gasteiger partial charge in [-0.1, -0.05) is 24.8 Å². The van der Waals surface area contributed by atoms with Gasteiger partial charge in [-0.15, -0.1) is 0 Å². The minimum absolute atomic E-state index is 0.148. The molecule has 0 amide bonds. The summed E-state index contributed by atoms with van der Waals surface area (Å²) in [5.74, 6) is -11.2. The molecule has 0 saturated carbocycles. The van der Waals surface area contributed by atoms with Crippen molar-refractivity contribution in [2.75, 3.05) is 13.2 Å². The van der Waals surface area contributed by atoms with E-state index in [0.717, 1.165) is 5.56 Å². The standard InChI is InChI=1S/C21H19F7NO6S2/c1-2-13-7-9-14(10-8-13)34-11-5-3-4-6-12-35-19-15(22)17(24)20(18(25)16(19)23)36(30,31)29-37(32,33)21(26,27)28/h2,7-10H,1,3-6,11-12H2/q-1. The van der Waals surface area contributed by atoms with Crippen molar-refractivity contribution in [1.29, 1.82) is 0 Å². The molecule has 0 spiro atoms. The molecule has 0 aromatic heterocycles. The van der Waals surface area contributed by atoms with Gasteiger partial charge in [0.05, 0.1) is 13.2 Å². The zero-order valence-electron chi connectivity index (χ0n) is 18.7. The quantitative estimate of drug-likeness (QED) is 0.169. The molecular formula is C21H19F7NO6S2-. The van der Waals surface area contributed by atoms with E-state index < -0.39 is 66.1 Å². The van der Waals surface area contributed by atoms with Crippen LogP contribution in [-0.2, 0) is 20.0 Å². The van der Waals surface area contributed by atoms with Crippen LogP contribution in [0.2, 0.25) is 0 Å². The molecule has 7 nitrogen and oxygen atoms in total. The lowest BCUT2D eigenvalue weighted by Crippen LogP contribution is -2.25. The highest BCUT2D eigenvalue weighted by atomic mass is 32.3. The Morgan fingerprint density at radius 3 is 1.73 bits per heavy atom. The number of unbranched alkanes of at least 4 members (excludes halogenated alkanes) is 3. The maximum Gasteiger partial charge on any atom is 0.480 e. The van der Waals surface area contributed by atoms with Gasteiger partial charge in [0.15, 0.2) is 27.4 Å². The summed E-state index contributed by atoms with van der Waals surface area (Å²) in [6.07, 6.45) is 3.42. The third-order valence-corrected chi connectivity index (χ3v) is 7.63. The zero-order valence-corrected chi connectivity index (χ0v) is 20.3. The first-order valence-corrected chi connectivity index (χ1v) is 13.1. The summed E-state index contributed by atoms with van der Waals surface area (Å²) in [6.45, 7) is 3.53. The average Bonchev–Trinajstić information content (AvgIpc) is 2.80. The average molecular weight is 579 g/mol. The third kappa shape index (κ3) is 7.58. The molecule has 16 heteroatoms. The molecule has 2 aromatic carbocycles. The van der Waals surface area contributed by atoms with Crippen LogP contribution in [0.15, 0.2) is 35.7 Å². The van der Waals surface area contributed by atoms with E-state index in [4.69, 9.17) is 4.74 Å². The first-order valence-electron chi connectivity index (χ1n) is 10.3. The fourth-order valence-corrected chi connectivity index (χ4v) is 5.08. The molecule has 2 aromatic rings. The van der Waals surface area contributed by atoms with Gasteiger partial charge in [0, 0.05) is 0 Å². The third-order valence-electron chi connectivity index (χ3n) is 4.60. The number of nitrogens with zero attached hydrogens (tertiary/aromatic N) is 1. The van der Waals surface area contributed by atoms with Crippen LogP contribution >= 0.6 is 0 Å². The number of ether oxygens (including phenoxy) is 2. The molecule has 0 heterocycles. The molecule has 0 N–H and O–H groups in total. The molecule has 0 aliphatic carbocycles. The highest BCUT2D eigenvalue weighted by molar-refractivity contribution is 8.12. The maximum absolute atomic E-state index is 14.2. The van der Waals surface area contributed by atoms with Crippen LogP contribution in [0.25, 0.3) is 10.2 Å². The Morgan fingerprint density at radius 2 is 1.27 bits per heavy atom. The van der Waals surface area contributed by atoms with E-state index in [1.807, 2.05) is 12.1 Å². The van der Waals surface area contributed by atoms with E-state index in [1.165, 1.54) is 4.13 Å². The topological polar surface area (TPSA) is 101 Å². The van der Waals surface area contributed by atoms with Gasteiger partial charge in [-0.25, -0.2) is 25.6 Å². The summed E-state index contributed by atoms with van der Waals surface area (Å²) in [5.41, 5.74) is -5.34. The summed E-state index contributed by atoms with van der Waals surface area (Å²) in [4.78, 5) is -2.65. The molecule has 0 atom stereocenters. The Balaban J connectivity index is 1.95. The minimum Gasteiger partial charge on any atom is -0.494 e. The first kappa shape index (κ1) is 30.4. The van der Waals surface area contributed by atoms with Gasteiger partial charge < -0.3 is 13.6 Å². The van der Waals surface area contributed by atoms with Crippen LogP contribution in [0, 0.1) is 23.3 Å². The van der Waals surface area contributed by atoms with Crippen LogP contribution < -0.4 is 9.47 Å². The monoisotopic (exact) mass is 578 g/mol. The van der Waals surface area contributed by atoms with Crippen molar-refractivity contribution in [2.24, 2.45) is 0 Å². The Morgan fingerprint density at radius 1 is 0.784 bits per heavy atom. The number of hydrogen-bond donors (Lipinski definition) is 0. The molecule has 0 unspecified atom stereocenters. The van der Waals surface area contributed by atoms with Crippen LogP contribution in [-0.4, -0.2) is 35.6 Å². The van der Waals surface area contributed by atoms with Crippen molar-refractivity contribution in [3.05, 3.63) is 63.8 Å². The second-order valence-corrected chi connectivity index (χ2v) is 10.6. The van der Waals surface area contributed by atoms with E-state index in [-0.39, 0.29) is 6.42 Å². The van der Waals surface area contributed by atoms with Gasteiger partial charge in [-0.05, 0) is 43.4 Å². The number of rotatable bonds is 13. The zero-order chi connectivity index (χ0) is 28.0. The van der Waals surface area contributed by atoms with Gasteiger partial charge in [-0.2, -0.15) is 22.0 Å². The van der Waals surface area contributed by atoms with Crippen molar-refractivity contribution < 1.29 is 57.0 Å². The van der Waals surface area contributed by atoms with Crippen LogP contribution in [0.4, 0.5) is 30.7 Å². The van der Waals surface area contributed by atoms with E-state index in [2.05, 4.69) is 11.3 Å². The molecule has 0 bridgehead atoms. The fourth-order valence-electron chi connectivity index (χ4n) is 2.78. The number of alkyl halides is 3. The van der Waals surface area contributed by atoms with Gasteiger partial charge in [0.25, 0.3) is 0 Å². The maximum atomic E-state index is 14.2. The molecule has 0 saturated heterocycles. The van der Waals surface area contributed by atoms with Gasteiger partial charge >= 0.3 is 5.51 Å². The van der Waals surface area contributed by atoms with E-state index >= 15 is 0 Å². The van der Waals surface area contributed by atoms with Crippen LogP contribution in [0.5, 0.6) is 11.5 Å². The lowest BCUT2D eigenvalue weighted by Gasteiger charge is -2.23. The minimum atomic E-state index is -6.80. The predicted octanol–water partition coefficient (Wildman–Crippen LogP) is 5.82. The molecule has 0 aliphatic heterocycles. The Hall–Kier alpha value is -2.85. The van der Waals surface area contributed by atoms with Crippen LogP contribution in [0.3, 0.4) is 0 Å². The van der Waals surface area contributed by atoms with E-state index in [1.54, 1.807) is 18.2 Å². The molecule has 2 rings (SSSR count). The smallest absolute Gasteiger partial charge is 0.480 e. The fraction of sp³-hybridized carbons (Fsp3) is 0.333. The van der Waals surface area contributed by atoms with Gasteiger partial charge in [0.1, 0.15) is 20.7 Å². The van der Waals surface area contributed by atoms with Crippen LogP contribution in [0.1, 0.15) is 31.2 Å². The number of halogens is 7.